The topological polar surface area (TPSA) is 0 Å². The first-order valence-electron chi connectivity index (χ1n) is 19.8. The standard InChI is InChI=1S/C39H74P2/c1-5-18-36(19-6-1)26-13-30-40(31-14-27-37-20-7-2-8-21-37)34-17-35-41(32-15-28-38-22-9-3-10-23-38)33-16-29-39-24-11-4-12-25-39/h36-39H,1-35H2. The third-order valence-corrected chi connectivity index (χ3v) is 17.9. The van der Waals surface area contributed by atoms with Crippen molar-refractivity contribution in [3.8, 4) is 0 Å². The highest BCUT2D eigenvalue weighted by Crippen LogP contribution is 2.45. The van der Waals surface area contributed by atoms with E-state index in [9.17, 15) is 0 Å². The van der Waals surface area contributed by atoms with Gasteiger partial charge in [0, 0.05) is 0 Å². The molecule has 0 saturated heterocycles. The zero-order valence-corrected chi connectivity index (χ0v) is 29.7. The van der Waals surface area contributed by atoms with Crippen molar-refractivity contribution < 1.29 is 0 Å². The summed E-state index contributed by atoms with van der Waals surface area (Å²) < 4.78 is 0. The lowest BCUT2D eigenvalue weighted by Gasteiger charge is -2.26. The molecule has 41 heavy (non-hydrogen) atoms. The summed E-state index contributed by atoms with van der Waals surface area (Å²) in [6.07, 6.45) is 54.9. The molecule has 0 amide bonds. The summed E-state index contributed by atoms with van der Waals surface area (Å²) >= 11 is 0. The molecule has 0 heterocycles. The lowest BCUT2D eigenvalue weighted by atomic mass is 9.86. The zero-order valence-electron chi connectivity index (χ0n) is 28.0. The predicted molar refractivity (Wildman–Crippen MR) is 191 cm³/mol. The Bertz CT molecular complexity index is 495. The summed E-state index contributed by atoms with van der Waals surface area (Å²) in [6, 6.07) is 0. The fourth-order valence-electron chi connectivity index (χ4n) is 9.51. The van der Waals surface area contributed by atoms with Crippen molar-refractivity contribution in [2.75, 3.05) is 37.0 Å². The molecule has 0 bridgehead atoms. The second kappa shape index (κ2) is 22.4. The SMILES string of the molecule is C1CCC(CCCP(CCCC2CCCCC2)CCCP(CCCC2CCCCC2)CCCC2CCCCC2)CC1. The maximum atomic E-state index is 1.65. The molecule has 2 heteroatoms. The lowest BCUT2D eigenvalue weighted by molar-refractivity contribution is 0.336. The first kappa shape index (κ1) is 34.7. The van der Waals surface area contributed by atoms with Gasteiger partial charge in [-0.2, -0.15) is 0 Å². The van der Waals surface area contributed by atoms with Crippen LogP contribution in [0.3, 0.4) is 0 Å². The molecule has 4 rings (SSSR count). The molecule has 0 aromatic carbocycles. The fourth-order valence-corrected chi connectivity index (χ4v) is 14.8. The zero-order chi connectivity index (χ0) is 28.2. The Morgan fingerprint density at radius 2 is 0.488 bits per heavy atom. The summed E-state index contributed by atoms with van der Waals surface area (Å²) in [5, 5.41) is 0. The van der Waals surface area contributed by atoms with Crippen molar-refractivity contribution in [1.29, 1.82) is 0 Å². The van der Waals surface area contributed by atoms with Crippen LogP contribution in [-0.2, 0) is 0 Å². The summed E-state index contributed by atoms with van der Waals surface area (Å²) in [4.78, 5) is 0. The van der Waals surface area contributed by atoms with Crippen LogP contribution in [0.5, 0.6) is 0 Å². The minimum absolute atomic E-state index is 0.319. The van der Waals surface area contributed by atoms with Gasteiger partial charge in [0.05, 0.1) is 0 Å². The minimum atomic E-state index is 0.319. The molecule has 0 spiro atoms. The van der Waals surface area contributed by atoms with Crippen LogP contribution in [0.4, 0.5) is 0 Å². The van der Waals surface area contributed by atoms with E-state index in [1.165, 1.54) is 77.0 Å². The Labute approximate surface area is 262 Å². The summed E-state index contributed by atoms with van der Waals surface area (Å²) in [6.45, 7) is 0. The average molecular weight is 605 g/mol. The highest BCUT2D eigenvalue weighted by molar-refractivity contribution is 7.58. The van der Waals surface area contributed by atoms with Gasteiger partial charge in [-0.1, -0.05) is 154 Å². The van der Waals surface area contributed by atoms with Gasteiger partial charge in [-0.3, -0.25) is 0 Å². The minimum Gasteiger partial charge on any atom is -0.107 e. The van der Waals surface area contributed by atoms with Crippen molar-refractivity contribution in [3.05, 3.63) is 0 Å². The first-order valence-corrected chi connectivity index (χ1v) is 23.6. The van der Waals surface area contributed by atoms with E-state index >= 15 is 0 Å². The monoisotopic (exact) mass is 605 g/mol. The van der Waals surface area contributed by atoms with Crippen molar-refractivity contribution in [1.82, 2.24) is 0 Å². The molecular formula is C39H74P2. The molecule has 0 aromatic rings. The van der Waals surface area contributed by atoms with Crippen molar-refractivity contribution >= 4 is 15.8 Å². The number of hydrogen-bond acceptors (Lipinski definition) is 0. The van der Waals surface area contributed by atoms with E-state index in [2.05, 4.69) is 0 Å². The molecule has 0 radical (unpaired) electrons. The maximum Gasteiger partial charge on any atom is -0.0323 e. The lowest BCUT2D eigenvalue weighted by Crippen LogP contribution is -2.09. The van der Waals surface area contributed by atoms with Gasteiger partial charge in [0.15, 0.2) is 0 Å². The van der Waals surface area contributed by atoms with E-state index in [1.54, 1.807) is 146 Å². The maximum absolute atomic E-state index is 1.65. The molecular weight excluding hydrogens is 530 g/mol. The van der Waals surface area contributed by atoms with E-state index in [4.69, 9.17) is 0 Å². The Morgan fingerprint density at radius 3 is 0.732 bits per heavy atom. The van der Waals surface area contributed by atoms with E-state index in [0.29, 0.717) is 15.8 Å². The van der Waals surface area contributed by atoms with Gasteiger partial charge in [-0.15, -0.1) is 15.8 Å². The van der Waals surface area contributed by atoms with Gasteiger partial charge in [-0.25, -0.2) is 0 Å². The number of rotatable bonds is 20. The van der Waals surface area contributed by atoms with E-state index in [1.807, 2.05) is 0 Å². The highest BCUT2D eigenvalue weighted by Gasteiger charge is 2.19. The number of hydrogen-bond donors (Lipinski definition) is 0. The Kier molecular flexibility index (Phi) is 19.0. The van der Waals surface area contributed by atoms with Gasteiger partial charge < -0.3 is 0 Å². The summed E-state index contributed by atoms with van der Waals surface area (Å²) in [7, 11) is 0.638. The molecule has 0 unspecified atom stereocenters. The molecule has 4 aliphatic rings. The first-order chi connectivity index (χ1) is 20.3. The van der Waals surface area contributed by atoms with Gasteiger partial charge >= 0.3 is 0 Å². The molecule has 4 fully saturated rings. The van der Waals surface area contributed by atoms with Crippen LogP contribution >= 0.6 is 15.8 Å². The van der Waals surface area contributed by atoms with E-state index < -0.39 is 0 Å². The molecule has 0 nitrogen and oxygen atoms in total. The normalized spacial score (nSPS) is 22.7. The quantitative estimate of drug-likeness (QED) is 0.121. The van der Waals surface area contributed by atoms with E-state index in [0.717, 1.165) is 23.7 Å². The van der Waals surface area contributed by atoms with Crippen LogP contribution in [0.15, 0.2) is 0 Å². The molecule has 0 aromatic heterocycles. The van der Waals surface area contributed by atoms with Gasteiger partial charge in [0.1, 0.15) is 0 Å². The third kappa shape index (κ3) is 15.6. The molecule has 240 valence electrons. The third-order valence-electron chi connectivity index (χ3n) is 12.2. The summed E-state index contributed by atoms with van der Waals surface area (Å²) in [5.41, 5.74) is 0. The van der Waals surface area contributed by atoms with Crippen LogP contribution in [0.2, 0.25) is 0 Å². The van der Waals surface area contributed by atoms with Crippen LogP contribution in [0.25, 0.3) is 0 Å². The molecule has 4 saturated carbocycles. The smallest absolute Gasteiger partial charge is 0.0323 e. The average Bonchev–Trinajstić information content (AvgIpc) is 3.03. The Hall–Kier alpha value is 0.860. The van der Waals surface area contributed by atoms with Crippen LogP contribution < -0.4 is 0 Å². The Balaban J connectivity index is 1.18. The Morgan fingerprint density at radius 1 is 0.268 bits per heavy atom. The molecule has 0 atom stereocenters. The highest BCUT2D eigenvalue weighted by atomic mass is 31.1. The van der Waals surface area contributed by atoms with E-state index in [-0.39, 0.29) is 0 Å². The fraction of sp³-hybridized carbons (Fsp3) is 1.00. The largest absolute Gasteiger partial charge is 0.107 e. The van der Waals surface area contributed by atoms with Gasteiger partial charge in [0.25, 0.3) is 0 Å². The second-order valence-electron chi connectivity index (χ2n) is 15.6. The van der Waals surface area contributed by atoms with Crippen LogP contribution in [0, 0.1) is 23.7 Å². The predicted octanol–water partition coefficient (Wildman–Crippen LogP) is 13.8. The van der Waals surface area contributed by atoms with Crippen molar-refractivity contribution in [3.63, 3.8) is 0 Å². The van der Waals surface area contributed by atoms with Gasteiger partial charge in [0.2, 0.25) is 0 Å². The van der Waals surface area contributed by atoms with Crippen molar-refractivity contribution in [2.45, 2.75) is 186 Å². The van der Waals surface area contributed by atoms with Crippen LogP contribution in [0.1, 0.15) is 186 Å². The van der Waals surface area contributed by atoms with Crippen molar-refractivity contribution in [2.24, 2.45) is 23.7 Å². The second-order valence-corrected chi connectivity index (χ2v) is 21.0. The molecule has 0 N–H and O–H groups in total. The molecule has 4 aliphatic carbocycles. The molecule has 0 aliphatic heterocycles. The van der Waals surface area contributed by atoms with Gasteiger partial charge in [-0.05, 0) is 92.7 Å². The summed E-state index contributed by atoms with van der Waals surface area (Å²) in [5.74, 6) is 4.40. The van der Waals surface area contributed by atoms with Crippen LogP contribution in [-0.4, -0.2) is 37.0 Å².